The second-order valence-electron chi connectivity index (χ2n) is 4.06. The fraction of sp³-hybridized carbons (Fsp3) is 0.357. The summed E-state index contributed by atoms with van der Waals surface area (Å²) in [5, 5.41) is 3.03. The molecule has 0 radical (unpaired) electrons. The van der Waals surface area contributed by atoms with Crippen molar-refractivity contribution in [3.05, 3.63) is 35.7 Å². The van der Waals surface area contributed by atoms with Gasteiger partial charge in [-0.2, -0.15) is 0 Å². The first-order chi connectivity index (χ1) is 9.35. The molecule has 2 aromatic rings. The Kier molecular flexibility index (Phi) is 5.32. The Labute approximate surface area is 117 Å². The maximum Gasteiger partial charge on any atom is 0.187 e. The predicted octanol–water partition coefficient (Wildman–Crippen LogP) is 2.87. The van der Waals surface area contributed by atoms with Gasteiger partial charge in [-0.1, -0.05) is 30.3 Å². The fourth-order valence-electron chi connectivity index (χ4n) is 1.72. The minimum Gasteiger partial charge on any atom is -0.383 e. The molecule has 0 aliphatic carbocycles. The van der Waals surface area contributed by atoms with Crippen LogP contribution in [0.4, 0.5) is 5.13 Å². The molecule has 1 aromatic carbocycles. The molecule has 0 N–H and O–H groups in total. The molecule has 1 heterocycles. The van der Waals surface area contributed by atoms with Gasteiger partial charge in [-0.3, -0.25) is 0 Å². The molecule has 0 atom stereocenters. The van der Waals surface area contributed by atoms with Crippen molar-refractivity contribution in [2.24, 2.45) is 0 Å². The van der Waals surface area contributed by atoms with Crippen LogP contribution in [-0.4, -0.2) is 39.1 Å². The zero-order chi connectivity index (χ0) is 13.5. The lowest BCUT2D eigenvalue weighted by Crippen LogP contribution is -2.29. The van der Waals surface area contributed by atoms with Gasteiger partial charge in [0.2, 0.25) is 0 Å². The molecule has 0 saturated carbocycles. The predicted molar refractivity (Wildman–Crippen MR) is 78.6 cm³/mol. The van der Waals surface area contributed by atoms with Gasteiger partial charge in [0.1, 0.15) is 6.73 Å². The first kappa shape index (κ1) is 14.0. The van der Waals surface area contributed by atoms with E-state index in [1.807, 2.05) is 18.2 Å². The minimum absolute atomic E-state index is 0.519. The first-order valence-corrected chi connectivity index (χ1v) is 6.97. The van der Waals surface area contributed by atoms with Crippen molar-refractivity contribution < 1.29 is 9.47 Å². The zero-order valence-corrected chi connectivity index (χ0v) is 12.0. The highest BCUT2D eigenvalue weighted by molar-refractivity contribution is 7.14. The Morgan fingerprint density at radius 3 is 2.63 bits per heavy atom. The molecular weight excluding hydrogens is 260 g/mol. The van der Waals surface area contributed by atoms with Crippen molar-refractivity contribution in [2.45, 2.75) is 0 Å². The van der Waals surface area contributed by atoms with Crippen LogP contribution in [0, 0.1) is 0 Å². The van der Waals surface area contributed by atoms with E-state index in [9.17, 15) is 0 Å². The van der Waals surface area contributed by atoms with Gasteiger partial charge in [0.15, 0.2) is 5.13 Å². The lowest BCUT2D eigenvalue weighted by atomic mass is 10.2. The third-order valence-corrected chi connectivity index (χ3v) is 3.58. The van der Waals surface area contributed by atoms with E-state index in [-0.39, 0.29) is 0 Å². The third-order valence-electron chi connectivity index (χ3n) is 2.68. The van der Waals surface area contributed by atoms with Crippen LogP contribution in [0.2, 0.25) is 0 Å². The van der Waals surface area contributed by atoms with Crippen LogP contribution in [-0.2, 0) is 9.47 Å². The van der Waals surface area contributed by atoms with Crippen LogP contribution in [0.3, 0.4) is 0 Å². The van der Waals surface area contributed by atoms with Gasteiger partial charge in [0.25, 0.3) is 0 Å². The Balaban J connectivity index is 2.14. The number of hydrogen-bond donors (Lipinski definition) is 0. The van der Waals surface area contributed by atoms with E-state index in [1.165, 1.54) is 0 Å². The Morgan fingerprint density at radius 2 is 1.95 bits per heavy atom. The van der Waals surface area contributed by atoms with Crippen molar-refractivity contribution in [2.75, 3.05) is 39.0 Å². The summed E-state index contributed by atoms with van der Waals surface area (Å²) in [5.74, 6) is 0. The molecule has 0 spiro atoms. The monoisotopic (exact) mass is 278 g/mol. The van der Waals surface area contributed by atoms with E-state index in [2.05, 4.69) is 27.4 Å². The number of ether oxygens (including phenoxy) is 2. The summed E-state index contributed by atoms with van der Waals surface area (Å²) in [6.45, 7) is 1.95. The number of aromatic nitrogens is 1. The van der Waals surface area contributed by atoms with E-state index >= 15 is 0 Å². The van der Waals surface area contributed by atoms with Gasteiger partial charge in [-0.05, 0) is 0 Å². The van der Waals surface area contributed by atoms with E-state index in [1.54, 1.807) is 25.6 Å². The average Bonchev–Trinajstić information content (AvgIpc) is 2.94. The van der Waals surface area contributed by atoms with E-state index < -0.39 is 0 Å². The minimum atomic E-state index is 0.519. The summed E-state index contributed by atoms with van der Waals surface area (Å²) < 4.78 is 10.3. The third kappa shape index (κ3) is 3.76. The van der Waals surface area contributed by atoms with Gasteiger partial charge < -0.3 is 14.4 Å². The molecule has 0 saturated heterocycles. The first-order valence-electron chi connectivity index (χ1n) is 6.09. The van der Waals surface area contributed by atoms with Crippen molar-refractivity contribution in [3.8, 4) is 11.3 Å². The number of hydrogen-bond acceptors (Lipinski definition) is 5. The molecule has 0 amide bonds. The summed E-state index contributed by atoms with van der Waals surface area (Å²) >= 11 is 1.62. The molecule has 2 rings (SSSR count). The fourth-order valence-corrected chi connectivity index (χ4v) is 2.57. The van der Waals surface area contributed by atoms with Crippen molar-refractivity contribution >= 4 is 16.5 Å². The largest absolute Gasteiger partial charge is 0.383 e. The normalized spacial score (nSPS) is 10.6. The molecule has 102 valence electrons. The number of benzene rings is 1. The van der Waals surface area contributed by atoms with Gasteiger partial charge in [-0.15, -0.1) is 11.3 Å². The highest BCUT2D eigenvalue weighted by Crippen LogP contribution is 2.27. The number of methoxy groups -OCH3 is 2. The van der Waals surface area contributed by atoms with Gasteiger partial charge >= 0.3 is 0 Å². The van der Waals surface area contributed by atoms with Gasteiger partial charge in [0, 0.05) is 31.7 Å². The molecule has 0 fully saturated rings. The molecule has 0 aliphatic rings. The Hall–Kier alpha value is -1.43. The number of nitrogens with zero attached hydrogens (tertiary/aromatic N) is 2. The lowest BCUT2D eigenvalue weighted by Gasteiger charge is -2.19. The number of anilines is 1. The quantitative estimate of drug-likeness (QED) is 0.729. The molecular formula is C14H18N2O2S. The lowest BCUT2D eigenvalue weighted by molar-refractivity contribution is 0.171. The highest BCUT2D eigenvalue weighted by Gasteiger charge is 2.11. The SMILES string of the molecule is COCCN(COC)c1nc(-c2ccccc2)cs1. The van der Waals surface area contributed by atoms with Crippen molar-refractivity contribution in [1.82, 2.24) is 4.98 Å². The van der Waals surface area contributed by atoms with Crippen LogP contribution in [0.15, 0.2) is 35.7 Å². The van der Waals surface area contributed by atoms with Crippen LogP contribution in [0.5, 0.6) is 0 Å². The summed E-state index contributed by atoms with van der Waals surface area (Å²) in [7, 11) is 3.38. The zero-order valence-electron chi connectivity index (χ0n) is 11.2. The highest BCUT2D eigenvalue weighted by atomic mass is 32.1. The summed E-state index contributed by atoms with van der Waals surface area (Å²) in [4.78, 5) is 6.73. The Morgan fingerprint density at radius 1 is 1.16 bits per heavy atom. The average molecular weight is 278 g/mol. The molecule has 5 heteroatoms. The molecule has 4 nitrogen and oxygen atoms in total. The standard InChI is InChI=1S/C14H18N2O2S/c1-17-9-8-16(11-18-2)14-15-13(10-19-14)12-6-4-3-5-7-12/h3-7,10H,8-9,11H2,1-2H3. The van der Waals surface area contributed by atoms with Gasteiger partial charge in [0.05, 0.1) is 12.3 Å². The van der Waals surface area contributed by atoms with Gasteiger partial charge in [-0.25, -0.2) is 4.98 Å². The number of thiazole rings is 1. The maximum absolute atomic E-state index is 5.21. The summed E-state index contributed by atoms with van der Waals surface area (Å²) in [6, 6.07) is 10.2. The molecule has 0 unspecified atom stereocenters. The second kappa shape index (κ2) is 7.23. The van der Waals surface area contributed by atoms with Crippen molar-refractivity contribution in [1.29, 1.82) is 0 Å². The Bertz CT molecular complexity index is 487. The maximum atomic E-state index is 5.21. The molecule has 1 aromatic heterocycles. The molecule has 0 aliphatic heterocycles. The number of rotatable bonds is 7. The molecule has 19 heavy (non-hydrogen) atoms. The van der Waals surface area contributed by atoms with E-state index in [4.69, 9.17) is 9.47 Å². The van der Waals surface area contributed by atoms with Crippen molar-refractivity contribution in [3.63, 3.8) is 0 Å². The van der Waals surface area contributed by atoms with E-state index in [0.717, 1.165) is 22.9 Å². The van der Waals surface area contributed by atoms with E-state index in [0.29, 0.717) is 13.3 Å². The molecule has 0 bridgehead atoms. The summed E-state index contributed by atoms with van der Waals surface area (Å²) in [5.41, 5.74) is 2.13. The van der Waals surface area contributed by atoms with Crippen LogP contribution < -0.4 is 4.90 Å². The topological polar surface area (TPSA) is 34.6 Å². The second-order valence-corrected chi connectivity index (χ2v) is 4.89. The summed E-state index contributed by atoms with van der Waals surface area (Å²) in [6.07, 6.45) is 0. The smallest absolute Gasteiger partial charge is 0.187 e. The van der Waals surface area contributed by atoms with Crippen LogP contribution in [0.1, 0.15) is 0 Å². The van der Waals surface area contributed by atoms with Crippen LogP contribution >= 0.6 is 11.3 Å². The van der Waals surface area contributed by atoms with Crippen LogP contribution in [0.25, 0.3) is 11.3 Å².